The van der Waals surface area contributed by atoms with Gasteiger partial charge in [0.15, 0.2) is 5.78 Å². The molecule has 1 N–H and O–H groups in total. The predicted molar refractivity (Wildman–Crippen MR) is 126 cm³/mol. The van der Waals surface area contributed by atoms with Crippen LogP contribution in [0.4, 0.5) is 4.39 Å². The van der Waals surface area contributed by atoms with Crippen molar-refractivity contribution >= 4 is 42.9 Å². The van der Waals surface area contributed by atoms with Gasteiger partial charge >= 0.3 is 5.97 Å². The summed E-state index contributed by atoms with van der Waals surface area (Å²) in [6.07, 6.45) is 6.21. The number of carbonyl (C=O) groups is 2. The van der Waals surface area contributed by atoms with Gasteiger partial charge in [0.2, 0.25) is 0 Å². The molecule has 1 saturated heterocycles. The van der Waals surface area contributed by atoms with Crippen molar-refractivity contribution in [3.63, 3.8) is 0 Å². The molecule has 1 aliphatic heterocycles. The minimum absolute atomic E-state index is 0. The molecular formula is C23H27ClFN3O3S. The first-order chi connectivity index (χ1) is 14.9. The zero-order chi connectivity index (χ0) is 22.0. The van der Waals surface area contributed by atoms with Gasteiger partial charge in [0, 0.05) is 36.0 Å². The molecule has 9 heteroatoms. The van der Waals surface area contributed by atoms with Crippen molar-refractivity contribution < 1.29 is 19.1 Å². The average Bonchev–Trinajstić information content (AvgIpc) is 3.50. The van der Waals surface area contributed by atoms with Gasteiger partial charge in [-0.15, -0.1) is 12.4 Å². The fourth-order valence-electron chi connectivity index (χ4n) is 4.05. The highest BCUT2D eigenvalue weighted by atomic mass is 35.5. The third-order valence-electron chi connectivity index (χ3n) is 5.87. The zero-order valence-electron chi connectivity index (χ0n) is 17.6. The van der Waals surface area contributed by atoms with Gasteiger partial charge in [0.05, 0.1) is 24.7 Å². The molecule has 0 spiro atoms. The molecule has 2 fully saturated rings. The largest absolute Gasteiger partial charge is 0.481 e. The minimum Gasteiger partial charge on any atom is -0.481 e. The number of carbonyl (C=O) groups excluding carboxylic acids is 1. The Morgan fingerprint density at radius 2 is 2.00 bits per heavy atom. The maximum Gasteiger partial charge on any atom is 0.305 e. The van der Waals surface area contributed by atoms with E-state index >= 15 is 0 Å². The lowest BCUT2D eigenvalue weighted by Crippen LogP contribution is -2.42. The number of hydrogen-bond donors (Lipinski definition) is 2. The van der Waals surface area contributed by atoms with Crippen LogP contribution in [-0.2, 0) is 16.1 Å². The highest BCUT2D eigenvalue weighted by molar-refractivity contribution is 7.81. The van der Waals surface area contributed by atoms with Crippen LogP contribution in [-0.4, -0.2) is 49.9 Å². The van der Waals surface area contributed by atoms with Crippen LogP contribution in [0.1, 0.15) is 43.0 Å². The van der Waals surface area contributed by atoms with Crippen LogP contribution in [0.3, 0.4) is 0 Å². The lowest BCUT2D eigenvalue weighted by Gasteiger charge is -2.37. The number of thiol groups is 1. The number of halogens is 2. The number of likely N-dealkylation sites (tertiary alicyclic amines) is 1. The van der Waals surface area contributed by atoms with Crippen molar-refractivity contribution in [1.82, 2.24) is 14.7 Å². The molecule has 1 unspecified atom stereocenters. The first-order valence-corrected chi connectivity index (χ1v) is 11.1. The molecule has 2 heterocycles. The van der Waals surface area contributed by atoms with E-state index in [1.54, 1.807) is 29.1 Å². The minimum atomic E-state index is -0.867. The molecule has 172 valence electrons. The second-order valence-electron chi connectivity index (χ2n) is 8.24. The third kappa shape index (κ3) is 5.79. The van der Waals surface area contributed by atoms with Crippen molar-refractivity contribution in [1.29, 1.82) is 0 Å². The maximum atomic E-state index is 14.6. The monoisotopic (exact) mass is 479 g/mol. The van der Waals surface area contributed by atoms with E-state index in [1.165, 1.54) is 6.07 Å². The Morgan fingerprint density at radius 1 is 1.25 bits per heavy atom. The van der Waals surface area contributed by atoms with Crippen LogP contribution in [0, 0.1) is 11.7 Å². The number of hydrogen-bond acceptors (Lipinski definition) is 5. The highest BCUT2D eigenvalue weighted by Gasteiger charge is 2.40. The van der Waals surface area contributed by atoms with Crippen LogP contribution in [0.25, 0.3) is 6.08 Å². The van der Waals surface area contributed by atoms with Crippen LogP contribution in [0.15, 0.2) is 42.1 Å². The van der Waals surface area contributed by atoms with Crippen LogP contribution in [0.2, 0.25) is 0 Å². The van der Waals surface area contributed by atoms with E-state index in [9.17, 15) is 14.0 Å². The molecule has 1 aromatic heterocycles. The fraction of sp³-hybridized carbons (Fsp3) is 0.435. The SMILES string of the molecule is Cl.O=C(O)CCn1ccc(/C=C2\CN(C(C(=O)C3CC3)c3ccccc3F)CC[C@@H]2S)n1. The van der Waals surface area contributed by atoms with E-state index in [0.717, 1.165) is 30.5 Å². The molecule has 0 amide bonds. The number of Topliss-reactive ketones (excluding diaryl/α,β-unsaturated/α-hetero) is 1. The van der Waals surface area contributed by atoms with Gasteiger partial charge in [-0.1, -0.05) is 18.2 Å². The summed E-state index contributed by atoms with van der Waals surface area (Å²) in [7, 11) is 0. The van der Waals surface area contributed by atoms with Gasteiger partial charge in [-0.3, -0.25) is 19.2 Å². The first kappa shape index (κ1) is 24.5. The summed E-state index contributed by atoms with van der Waals surface area (Å²) in [5.74, 6) is -1.10. The van der Waals surface area contributed by atoms with Crippen molar-refractivity contribution in [3.05, 3.63) is 59.2 Å². The number of benzene rings is 1. The van der Waals surface area contributed by atoms with E-state index in [0.29, 0.717) is 25.2 Å². The summed E-state index contributed by atoms with van der Waals surface area (Å²) in [5, 5.41) is 13.3. The summed E-state index contributed by atoms with van der Waals surface area (Å²) in [6, 6.07) is 7.78. The fourth-order valence-corrected chi connectivity index (χ4v) is 4.32. The van der Waals surface area contributed by atoms with E-state index in [4.69, 9.17) is 17.7 Å². The Balaban J connectivity index is 0.00000289. The standard InChI is InChI=1S/C23H26FN3O3S.ClH/c24-19-4-2-1-3-18(19)22(23(30)15-5-6-15)26-10-8-20(31)16(14-26)13-17-7-11-27(25-17)12-9-21(28)29;/h1-4,7,11,13,15,20,22,31H,5-6,8-10,12,14H2,(H,28,29);1H/b16-13+;/t20-,22?;/m0./s1. The quantitative estimate of drug-likeness (QED) is 0.559. The van der Waals surface area contributed by atoms with Crippen molar-refractivity contribution in [2.45, 2.75) is 43.5 Å². The molecule has 1 aliphatic carbocycles. The number of nitrogens with zero attached hydrogens (tertiary/aromatic N) is 3. The molecule has 4 rings (SSSR count). The van der Waals surface area contributed by atoms with Crippen molar-refractivity contribution in [3.8, 4) is 0 Å². The summed E-state index contributed by atoms with van der Waals surface area (Å²) >= 11 is 4.72. The lowest BCUT2D eigenvalue weighted by atomic mass is 9.93. The van der Waals surface area contributed by atoms with E-state index in [-0.39, 0.29) is 41.6 Å². The second-order valence-corrected chi connectivity index (χ2v) is 8.87. The number of piperidine rings is 1. The summed E-state index contributed by atoms with van der Waals surface area (Å²) in [6.45, 7) is 1.48. The molecule has 0 bridgehead atoms. The molecule has 0 radical (unpaired) electrons. The molecule has 1 saturated carbocycles. The molecule has 2 aromatic rings. The number of ketones is 1. The van der Waals surface area contributed by atoms with E-state index in [1.807, 2.05) is 12.1 Å². The van der Waals surface area contributed by atoms with Crippen LogP contribution < -0.4 is 0 Å². The van der Waals surface area contributed by atoms with Crippen molar-refractivity contribution in [2.75, 3.05) is 13.1 Å². The number of aryl methyl sites for hydroxylation is 1. The third-order valence-corrected chi connectivity index (χ3v) is 6.46. The first-order valence-electron chi connectivity index (χ1n) is 10.6. The van der Waals surface area contributed by atoms with Gasteiger partial charge in [0.25, 0.3) is 0 Å². The smallest absolute Gasteiger partial charge is 0.305 e. The molecule has 6 nitrogen and oxygen atoms in total. The summed E-state index contributed by atoms with van der Waals surface area (Å²) in [4.78, 5) is 25.9. The summed E-state index contributed by atoms with van der Waals surface area (Å²) in [5.41, 5.74) is 2.18. The Labute approximate surface area is 198 Å². The molecular weight excluding hydrogens is 453 g/mol. The Hall–Kier alpha value is -2.16. The van der Waals surface area contributed by atoms with Gasteiger partial charge in [-0.25, -0.2) is 4.39 Å². The summed E-state index contributed by atoms with van der Waals surface area (Å²) < 4.78 is 16.2. The Bertz CT molecular complexity index is 1010. The predicted octanol–water partition coefficient (Wildman–Crippen LogP) is 4.03. The van der Waals surface area contributed by atoms with Crippen LogP contribution in [0.5, 0.6) is 0 Å². The highest BCUT2D eigenvalue weighted by Crippen LogP contribution is 2.39. The number of aliphatic carboxylic acids is 1. The molecule has 1 aromatic carbocycles. The van der Waals surface area contributed by atoms with Crippen molar-refractivity contribution in [2.24, 2.45) is 5.92 Å². The number of carboxylic acids is 1. The average molecular weight is 480 g/mol. The van der Waals surface area contributed by atoms with Crippen LogP contribution >= 0.6 is 25.0 Å². The van der Waals surface area contributed by atoms with Gasteiger partial charge in [-0.05, 0) is 43.0 Å². The maximum absolute atomic E-state index is 14.6. The van der Waals surface area contributed by atoms with E-state index < -0.39 is 12.0 Å². The topological polar surface area (TPSA) is 75.4 Å². The molecule has 2 atom stereocenters. The zero-order valence-corrected chi connectivity index (χ0v) is 19.3. The molecule has 2 aliphatic rings. The normalized spacial score (nSPS) is 21.2. The van der Waals surface area contributed by atoms with Gasteiger partial charge in [0.1, 0.15) is 5.82 Å². The Morgan fingerprint density at radius 3 is 2.69 bits per heavy atom. The number of aromatic nitrogens is 2. The number of rotatable bonds is 8. The van der Waals surface area contributed by atoms with Gasteiger partial charge < -0.3 is 5.11 Å². The Kier molecular flexibility index (Phi) is 8.14. The lowest BCUT2D eigenvalue weighted by molar-refractivity contribution is -0.137. The van der Waals surface area contributed by atoms with E-state index in [2.05, 4.69) is 10.00 Å². The second kappa shape index (κ2) is 10.6. The van der Waals surface area contributed by atoms with Gasteiger partial charge in [-0.2, -0.15) is 17.7 Å². The molecule has 32 heavy (non-hydrogen) atoms. The number of carboxylic acid groups (broad SMARTS) is 1.